The normalized spacial score (nSPS) is 11.5. The van der Waals surface area contributed by atoms with Crippen LogP contribution in [0.2, 0.25) is 0 Å². The lowest BCUT2D eigenvalue weighted by atomic mass is 10.2. The lowest BCUT2D eigenvalue weighted by molar-refractivity contribution is 0.586. The second-order valence-electron chi connectivity index (χ2n) is 4.72. The van der Waals surface area contributed by atoms with Crippen LogP contribution in [0.3, 0.4) is 0 Å². The van der Waals surface area contributed by atoms with E-state index in [1.54, 1.807) is 0 Å². The number of aryl methyl sites for hydroxylation is 1. The van der Waals surface area contributed by atoms with Crippen LogP contribution in [-0.2, 0) is 10.0 Å². The van der Waals surface area contributed by atoms with E-state index < -0.39 is 10.0 Å². The minimum absolute atomic E-state index is 0.196. The number of sulfonamides is 1. The molecule has 4 nitrogen and oxygen atoms in total. The minimum atomic E-state index is -3.25. The maximum absolute atomic E-state index is 12.4. The second-order valence-corrected chi connectivity index (χ2v) is 6.74. The van der Waals surface area contributed by atoms with Crippen LogP contribution < -0.4 is 10.0 Å². The Labute approximate surface area is 116 Å². The molecule has 108 valence electrons. The fraction of sp³-hybridized carbons (Fsp3) is 0.571. The van der Waals surface area contributed by atoms with Crippen LogP contribution in [-0.4, -0.2) is 27.3 Å². The van der Waals surface area contributed by atoms with E-state index in [0.29, 0.717) is 25.9 Å². The summed E-state index contributed by atoms with van der Waals surface area (Å²) in [5.74, 6) is 0.196. The van der Waals surface area contributed by atoms with E-state index in [1.165, 1.54) is 4.31 Å². The highest BCUT2D eigenvalue weighted by Crippen LogP contribution is 2.20. The summed E-state index contributed by atoms with van der Waals surface area (Å²) >= 11 is 0. The number of hydrogen-bond donors (Lipinski definition) is 1. The summed E-state index contributed by atoms with van der Waals surface area (Å²) < 4.78 is 26.3. The molecule has 5 heteroatoms. The van der Waals surface area contributed by atoms with E-state index >= 15 is 0 Å². The molecule has 19 heavy (non-hydrogen) atoms. The summed E-state index contributed by atoms with van der Waals surface area (Å²) in [7, 11) is -3.25. The molecule has 0 bridgehead atoms. The van der Waals surface area contributed by atoms with Gasteiger partial charge in [0.1, 0.15) is 0 Å². The summed E-state index contributed by atoms with van der Waals surface area (Å²) in [6.45, 7) is 4.90. The topological polar surface area (TPSA) is 63.4 Å². The highest BCUT2D eigenvalue weighted by atomic mass is 32.2. The number of nitrogens with zero attached hydrogens (tertiary/aromatic N) is 1. The average Bonchev–Trinajstić information content (AvgIpc) is 2.37. The van der Waals surface area contributed by atoms with Gasteiger partial charge in [-0.3, -0.25) is 4.31 Å². The molecule has 2 N–H and O–H groups in total. The molecule has 0 aliphatic rings. The third-order valence-electron chi connectivity index (χ3n) is 2.95. The van der Waals surface area contributed by atoms with E-state index in [-0.39, 0.29) is 5.75 Å². The van der Waals surface area contributed by atoms with Crippen molar-refractivity contribution in [3.8, 4) is 0 Å². The molecule has 0 atom stereocenters. The van der Waals surface area contributed by atoms with Crippen LogP contribution in [0.1, 0.15) is 31.7 Å². The van der Waals surface area contributed by atoms with Crippen molar-refractivity contribution in [3.05, 3.63) is 29.8 Å². The minimum Gasteiger partial charge on any atom is -0.330 e. The van der Waals surface area contributed by atoms with Gasteiger partial charge in [-0.05, 0) is 44.0 Å². The molecule has 0 spiro atoms. The molecule has 0 aliphatic heterocycles. The van der Waals surface area contributed by atoms with Crippen molar-refractivity contribution < 1.29 is 8.42 Å². The standard InChI is InChI=1S/C14H24N2O2S/c1-3-4-11-19(17,18)16(10-6-9-15)14-8-5-7-13(2)12-14/h5,7-8,12H,3-4,6,9-11,15H2,1-2H3. The largest absolute Gasteiger partial charge is 0.330 e. The molecule has 0 saturated carbocycles. The Morgan fingerprint density at radius 2 is 2.00 bits per heavy atom. The molecule has 0 fully saturated rings. The number of unbranched alkanes of at least 4 members (excludes halogenated alkanes) is 1. The lowest BCUT2D eigenvalue weighted by Crippen LogP contribution is -2.34. The van der Waals surface area contributed by atoms with Crippen LogP contribution >= 0.6 is 0 Å². The Hall–Kier alpha value is -1.07. The zero-order valence-electron chi connectivity index (χ0n) is 11.8. The first-order valence-electron chi connectivity index (χ1n) is 6.78. The molecule has 1 rings (SSSR count). The van der Waals surface area contributed by atoms with Gasteiger partial charge in [0.2, 0.25) is 10.0 Å². The van der Waals surface area contributed by atoms with Gasteiger partial charge < -0.3 is 5.73 Å². The fourth-order valence-corrected chi connectivity index (χ4v) is 3.60. The van der Waals surface area contributed by atoms with Gasteiger partial charge in [-0.1, -0.05) is 25.5 Å². The van der Waals surface area contributed by atoms with Crippen molar-refractivity contribution in [3.63, 3.8) is 0 Å². The molecule has 0 amide bonds. The van der Waals surface area contributed by atoms with Crippen molar-refractivity contribution in [2.24, 2.45) is 5.73 Å². The first-order valence-corrected chi connectivity index (χ1v) is 8.39. The number of anilines is 1. The lowest BCUT2D eigenvalue weighted by Gasteiger charge is -2.24. The Bertz CT molecular complexity index is 486. The molecule has 0 radical (unpaired) electrons. The molecule has 0 aliphatic carbocycles. The SMILES string of the molecule is CCCCS(=O)(=O)N(CCCN)c1cccc(C)c1. The summed E-state index contributed by atoms with van der Waals surface area (Å²) in [4.78, 5) is 0. The van der Waals surface area contributed by atoms with Crippen LogP contribution in [0.15, 0.2) is 24.3 Å². The van der Waals surface area contributed by atoms with E-state index in [0.717, 1.165) is 17.7 Å². The maximum Gasteiger partial charge on any atom is 0.235 e. The third-order valence-corrected chi connectivity index (χ3v) is 4.82. The summed E-state index contributed by atoms with van der Waals surface area (Å²) in [5, 5.41) is 0. The fourth-order valence-electron chi connectivity index (χ4n) is 1.88. The van der Waals surface area contributed by atoms with Crippen molar-refractivity contribution in [1.82, 2.24) is 0 Å². The van der Waals surface area contributed by atoms with Gasteiger partial charge in [-0.15, -0.1) is 0 Å². The Morgan fingerprint density at radius 1 is 1.26 bits per heavy atom. The molecular formula is C14H24N2O2S. The van der Waals surface area contributed by atoms with Gasteiger partial charge in [-0.2, -0.15) is 0 Å². The summed E-state index contributed by atoms with van der Waals surface area (Å²) in [5.41, 5.74) is 7.30. The van der Waals surface area contributed by atoms with E-state index in [2.05, 4.69) is 0 Å². The zero-order valence-corrected chi connectivity index (χ0v) is 12.6. The first-order chi connectivity index (χ1) is 9.01. The number of hydrogen-bond acceptors (Lipinski definition) is 3. The first kappa shape index (κ1) is 16.0. The highest BCUT2D eigenvalue weighted by Gasteiger charge is 2.21. The van der Waals surface area contributed by atoms with Gasteiger partial charge in [0.05, 0.1) is 11.4 Å². The smallest absolute Gasteiger partial charge is 0.235 e. The monoisotopic (exact) mass is 284 g/mol. The van der Waals surface area contributed by atoms with Crippen LogP contribution in [0.5, 0.6) is 0 Å². The van der Waals surface area contributed by atoms with E-state index in [4.69, 9.17) is 5.73 Å². The number of nitrogens with two attached hydrogens (primary N) is 1. The molecule has 0 saturated heterocycles. The molecule has 1 aromatic rings. The van der Waals surface area contributed by atoms with Crippen molar-refractivity contribution in [1.29, 1.82) is 0 Å². The van der Waals surface area contributed by atoms with Gasteiger partial charge in [-0.25, -0.2) is 8.42 Å². The Balaban J connectivity index is 3.00. The van der Waals surface area contributed by atoms with Crippen LogP contribution in [0.25, 0.3) is 0 Å². The van der Waals surface area contributed by atoms with E-state index in [1.807, 2.05) is 38.1 Å². The molecule has 0 heterocycles. The van der Waals surface area contributed by atoms with Crippen molar-refractivity contribution in [2.45, 2.75) is 33.1 Å². The Kier molecular flexibility index (Phi) is 6.31. The van der Waals surface area contributed by atoms with Gasteiger partial charge >= 0.3 is 0 Å². The molecule has 0 unspecified atom stereocenters. The molecule has 0 aromatic heterocycles. The van der Waals surface area contributed by atoms with Gasteiger partial charge in [0, 0.05) is 6.54 Å². The third kappa shape index (κ3) is 4.84. The average molecular weight is 284 g/mol. The number of benzene rings is 1. The van der Waals surface area contributed by atoms with E-state index in [9.17, 15) is 8.42 Å². The Morgan fingerprint density at radius 3 is 2.58 bits per heavy atom. The quantitative estimate of drug-likeness (QED) is 0.796. The van der Waals surface area contributed by atoms with Crippen molar-refractivity contribution in [2.75, 3.05) is 23.1 Å². The predicted molar refractivity (Wildman–Crippen MR) is 80.9 cm³/mol. The molecule has 1 aromatic carbocycles. The van der Waals surface area contributed by atoms with Crippen LogP contribution in [0, 0.1) is 6.92 Å². The van der Waals surface area contributed by atoms with Gasteiger partial charge in [0.25, 0.3) is 0 Å². The zero-order chi connectivity index (χ0) is 14.3. The second kappa shape index (κ2) is 7.50. The van der Waals surface area contributed by atoms with Gasteiger partial charge in [0.15, 0.2) is 0 Å². The predicted octanol–water partition coefficient (Wildman–Crippen LogP) is 2.28. The highest BCUT2D eigenvalue weighted by molar-refractivity contribution is 7.92. The molecular weight excluding hydrogens is 260 g/mol. The summed E-state index contributed by atoms with van der Waals surface area (Å²) in [6, 6.07) is 7.59. The maximum atomic E-state index is 12.4. The van der Waals surface area contributed by atoms with Crippen molar-refractivity contribution >= 4 is 15.7 Å². The summed E-state index contributed by atoms with van der Waals surface area (Å²) in [6.07, 6.45) is 2.23. The number of rotatable bonds is 8. The van der Waals surface area contributed by atoms with Crippen LogP contribution in [0.4, 0.5) is 5.69 Å².